The van der Waals surface area contributed by atoms with Crippen LogP contribution in [0.2, 0.25) is 0 Å². The van der Waals surface area contributed by atoms with E-state index in [1.807, 2.05) is 30.3 Å². The summed E-state index contributed by atoms with van der Waals surface area (Å²) in [6.45, 7) is 1.84. The van der Waals surface area contributed by atoms with Crippen LogP contribution in [-0.4, -0.2) is 53.1 Å². The van der Waals surface area contributed by atoms with Crippen LogP contribution in [0.1, 0.15) is 18.5 Å². The molecule has 1 atom stereocenters. The molecule has 0 unspecified atom stereocenters. The van der Waals surface area contributed by atoms with Crippen LogP contribution < -0.4 is 5.32 Å². The van der Waals surface area contributed by atoms with E-state index < -0.39 is 17.7 Å². The van der Waals surface area contributed by atoms with Gasteiger partial charge in [-0.15, -0.1) is 0 Å². The van der Waals surface area contributed by atoms with Crippen molar-refractivity contribution in [1.82, 2.24) is 10.2 Å². The predicted octanol–water partition coefficient (Wildman–Crippen LogP) is -0.0128. The number of amides is 1. The standard InChI is InChI=1S/C16H20N2O4/c1-11(17-7-9-19)13-14(12-5-3-2-4-6-12)18(8-10-20)16(22)15(13)21/h2-6,14,17,19-20H,7-10H2,1H3/b13-11-/t14-/m1/s1. The molecule has 118 valence electrons. The monoisotopic (exact) mass is 304 g/mol. The normalized spacial score (nSPS) is 20.5. The van der Waals surface area contributed by atoms with Crippen LogP contribution in [0.5, 0.6) is 0 Å². The molecule has 0 aromatic heterocycles. The van der Waals surface area contributed by atoms with Crippen LogP contribution in [0.25, 0.3) is 0 Å². The molecule has 0 aliphatic carbocycles. The van der Waals surface area contributed by atoms with E-state index in [-0.39, 0.29) is 19.8 Å². The Morgan fingerprint density at radius 3 is 2.45 bits per heavy atom. The fraction of sp³-hybridized carbons (Fsp3) is 0.375. The van der Waals surface area contributed by atoms with Gasteiger partial charge in [-0.25, -0.2) is 0 Å². The van der Waals surface area contributed by atoms with Gasteiger partial charge >= 0.3 is 0 Å². The molecule has 1 aromatic rings. The van der Waals surface area contributed by atoms with Crippen molar-refractivity contribution in [2.45, 2.75) is 13.0 Å². The average Bonchev–Trinajstić information content (AvgIpc) is 2.79. The second-order valence-electron chi connectivity index (χ2n) is 5.05. The number of β-amino-alcohol motifs (C(OH)–C–C–N with tert-alkyl or cyclic N) is 1. The van der Waals surface area contributed by atoms with Crippen LogP contribution in [-0.2, 0) is 9.59 Å². The summed E-state index contributed by atoms with van der Waals surface area (Å²) >= 11 is 0. The van der Waals surface area contributed by atoms with E-state index in [2.05, 4.69) is 5.32 Å². The van der Waals surface area contributed by atoms with E-state index in [0.717, 1.165) is 5.56 Å². The lowest BCUT2D eigenvalue weighted by Gasteiger charge is -2.25. The van der Waals surface area contributed by atoms with E-state index in [0.29, 0.717) is 17.8 Å². The van der Waals surface area contributed by atoms with E-state index in [1.165, 1.54) is 4.90 Å². The molecule has 1 fully saturated rings. The zero-order valence-electron chi connectivity index (χ0n) is 12.5. The number of aliphatic hydroxyl groups is 2. The minimum Gasteiger partial charge on any atom is -0.395 e. The maximum Gasteiger partial charge on any atom is 0.295 e. The van der Waals surface area contributed by atoms with Gasteiger partial charge in [-0.1, -0.05) is 30.3 Å². The summed E-state index contributed by atoms with van der Waals surface area (Å²) in [7, 11) is 0. The Kier molecular flexibility index (Phi) is 5.30. The maximum atomic E-state index is 12.3. The number of rotatable bonds is 6. The van der Waals surface area contributed by atoms with Gasteiger partial charge in [-0.05, 0) is 12.5 Å². The maximum absolute atomic E-state index is 12.3. The van der Waals surface area contributed by atoms with Crippen molar-refractivity contribution in [1.29, 1.82) is 0 Å². The number of nitrogens with one attached hydrogen (secondary N) is 1. The molecule has 0 spiro atoms. The molecule has 1 aliphatic heterocycles. The van der Waals surface area contributed by atoms with E-state index in [1.54, 1.807) is 6.92 Å². The minimum absolute atomic E-state index is 0.0664. The molecule has 1 heterocycles. The Bertz CT molecular complexity index is 583. The first-order valence-electron chi connectivity index (χ1n) is 7.18. The fourth-order valence-electron chi connectivity index (χ4n) is 2.68. The van der Waals surface area contributed by atoms with Crippen molar-refractivity contribution in [2.75, 3.05) is 26.3 Å². The number of carbonyl (C=O) groups excluding carboxylic acids is 2. The molecular formula is C16H20N2O4. The van der Waals surface area contributed by atoms with Crippen LogP contribution in [0.3, 0.4) is 0 Å². The number of benzene rings is 1. The van der Waals surface area contributed by atoms with Crippen molar-refractivity contribution in [2.24, 2.45) is 0 Å². The van der Waals surface area contributed by atoms with Crippen molar-refractivity contribution in [3.8, 4) is 0 Å². The molecule has 1 amide bonds. The largest absolute Gasteiger partial charge is 0.395 e. The first-order valence-corrected chi connectivity index (χ1v) is 7.18. The Balaban J connectivity index is 2.48. The number of ketones is 1. The lowest BCUT2D eigenvalue weighted by Crippen LogP contribution is -2.32. The number of likely N-dealkylation sites (tertiary alicyclic amines) is 1. The van der Waals surface area contributed by atoms with Gasteiger partial charge in [-0.3, -0.25) is 9.59 Å². The van der Waals surface area contributed by atoms with Crippen molar-refractivity contribution >= 4 is 11.7 Å². The van der Waals surface area contributed by atoms with Crippen LogP contribution in [0.15, 0.2) is 41.6 Å². The fourth-order valence-corrected chi connectivity index (χ4v) is 2.68. The number of aliphatic hydroxyl groups excluding tert-OH is 2. The molecule has 1 aromatic carbocycles. The lowest BCUT2D eigenvalue weighted by atomic mass is 9.97. The zero-order valence-corrected chi connectivity index (χ0v) is 12.5. The third-order valence-electron chi connectivity index (χ3n) is 3.65. The third kappa shape index (κ3) is 3.03. The van der Waals surface area contributed by atoms with Crippen LogP contribution >= 0.6 is 0 Å². The molecule has 0 saturated carbocycles. The number of nitrogens with zero attached hydrogens (tertiary/aromatic N) is 1. The summed E-state index contributed by atoms with van der Waals surface area (Å²) in [5.74, 6) is -1.17. The van der Waals surface area contributed by atoms with Gasteiger partial charge < -0.3 is 20.4 Å². The van der Waals surface area contributed by atoms with Crippen molar-refractivity contribution < 1.29 is 19.8 Å². The second-order valence-corrected chi connectivity index (χ2v) is 5.05. The summed E-state index contributed by atoms with van der Waals surface area (Å²) in [6.07, 6.45) is 0. The van der Waals surface area contributed by atoms with Gasteiger partial charge in [0.1, 0.15) is 0 Å². The molecule has 2 rings (SSSR count). The first-order chi connectivity index (χ1) is 10.6. The molecule has 0 bridgehead atoms. The second kappa shape index (κ2) is 7.20. The summed E-state index contributed by atoms with van der Waals surface area (Å²) in [5.41, 5.74) is 1.76. The van der Waals surface area contributed by atoms with Gasteiger partial charge in [0.25, 0.3) is 11.7 Å². The highest BCUT2D eigenvalue weighted by molar-refractivity contribution is 6.45. The van der Waals surface area contributed by atoms with Crippen LogP contribution in [0, 0.1) is 0 Å². The van der Waals surface area contributed by atoms with Gasteiger partial charge in [0.15, 0.2) is 0 Å². The summed E-state index contributed by atoms with van der Waals surface area (Å²) < 4.78 is 0. The van der Waals surface area contributed by atoms with E-state index in [9.17, 15) is 14.7 Å². The summed E-state index contributed by atoms with van der Waals surface area (Å²) in [5, 5.41) is 21.1. The van der Waals surface area contributed by atoms with Crippen LogP contribution in [0.4, 0.5) is 0 Å². The Hall–Kier alpha value is -2.18. The predicted molar refractivity (Wildman–Crippen MR) is 80.8 cm³/mol. The molecule has 3 N–H and O–H groups in total. The van der Waals surface area contributed by atoms with Gasteiger partial charge in [0.05, 0.1) is 24.8 Å². The number of Topliss-reactive ketones (excluding diaryl/α,β-unsaturated/α-hetero) is 1. The highest BCUT2D eigenvalue weighted by Gasteiger charge is 2.44. The first kappa shape index (κ1) is 16.2. The Labute approximate surface area is 129 Å². The molecule has 6 nitrogen and oxygen atoms in total. The molecule has 1 saturated heterocycles. The van der Waals surface area contributed by atoms with Gasteiger partial charge in [0.2, 0.25) is 0 Å². The summed E-state index contributed by atoms with van der Waals surface area (Å²) in [4.78, 5) is 26.0. The smallest absolute Gasteiger partial charge is 0.295 e. The number of hydrogen-bond donors (Lipinski definition) is 3. The quantitative estimate of drug-likeness (QED) is 0.508. The Morgan fingerprint density at radius 1 is 1.18 bits per heavy atom. The molecule has 0 radical (unpaired) electrons. The van der Waals surface area contributed by atoms with E-state index in [4.69, 9.17) is 5.11 Å². The Morgan fingerprint density at radius 2 is 1.86 bits per heavy atom. The highest BCUT2D eigenvalue weighted by atomic mass is 16.3. The lowest BCUT2D eigenvalue weighted by molar-refractivity contribution is -0.140. The molecule has 22 heavy (non-hydrogen) atoms. The van der Waals surface area contributed by atoms with Gasteiger partial charge in [0, 0.05) is 18.8 Å². The highest BCUT2D eigenvalue weighted by Crippen LogP contribution is 2.36. The van der Waals surface area contributed by atoms with Gasteiger partial charge in [-0.2, -0.15) is 0 Å². The molecule has 6 heteroatoms. The van der Waals surface area contributed by atoms with E-state index >= 15 is 0 Å². The number of carbonyl (C=O) groups is 2. The third-order valence-corrected chi connectivity index (χ3v) is 3.65. The minimum atomic E-state index is -0.608. The topological polar surface area (TPSA) is 89.9 Å². The zero-order chi connectivity index (χ0) is 16.1. The summed E-state index contributed by atoms with van der Waals surface area (Å²) in [6, 6.07) is 8.72. The SMILES string of the molecule is C/C(NCCO)=C1/C(=O)C(=O)N(CCO)[C@@H]1c1ccccc1. The molecule has 1 aliphatic rings. The van der Waals surface area contributed by atoms with Crippen molar-refractivity contribution in [3.05, 3.63) is 47.2 Å². The molecular weight excluding hydrogens is 284 g/mol. The number of allylic oxidation sites excluding steroid dienone is 1. The van der Waals surface area contributed by atoms with Crippen molar-refractivity contribution in [3.63, 3.8) is 0 Å². The number of hydrogen-bond acceptors (Lipinski definition) is 5. The average molecular weight is 304 g/mol.